The lowest BCUT2D eigenvalue weighted by Gasteiger charge is -2.13. The number of H-pyrrole nitrogens is 1. The number of aryl methyl sites for hydroxylation is 2. The maximum atomic E-state index is 13.1. The minimum Gasteiger partial charge on any atom is -0.318 e. The van der Waals surface area contributed by atoms with E-state index in [-0.39, 0.29) is 5.56 Å². The zero-order valence-electron chi connectivity index (χ0n) is 17.9. The van der Waals surface area contributed by atoms with Crippen LogP contribution in [-0.4, -0.2) is 39.7 Å². The predicted octanol–water partition coefficient (Wildman–Crippen LogP) is 2.98. The maximum absolute atomic E-state index is 13.1. The van der Waals surface area contributed by atoms with Gasteiger partial charge in [-0.3, -0.25) is 9.36 Å². The first kappa shape index (κ1) is 19.8. The number of nitrogens with one attached hydrogen (secondary N) is 1. The average Bonchev–Trinajstić information content (AvgIpc) is 3.48. The van der Waals surface area contributed by atoms with Crippen molar-refractivity contribution in [3.63, 3.8) is 0 Å². The fraction of sp³-hybridized carbons (Fsp3) is 0.217. The number of aromatic nitrogens is 8. The van der Waals surface area contributed by atoms with Gasteiger partial charge in [0.15, 0.2) is 11.2 Å². The van der Waals surface area contributed by atoms with Gasteiger partial charge in [-0.2, -0.15) is 5.21 Å². The molecule has 0 aliphatic carbocycles. The maximum Gasteiger partial charge on any atom is 0.282 e. The third-order valence-corrected chi connectivity index (χ3v) is 5.49. The van der Waals surface area contributed by atoms with Crippen LogP contribution in [0.5, 0.6) is 0 Å². The van der Waals surface area contributed by atoms with E-state index in [4.69, 9.17) is 4.98 Å². The topological polar surface area (TPSA) is 107 Å². The van der Waals surface area contributed by atoms with E-state index in [9.17, 15) is 4.79 Å². The highest BCUT2D eigenvalue weighted by Crippen LogP contribution is 2.29. The Bertz CT molecular complexity index is 1430. The highest BCUT2D eigenvalue weighted by molar-refractivity contribution is 5.80. The number of aromatic amines is 1. The van der Waals surface area contributed by atoms with Crippen LogP contribution in [0.3, 0.4) is 0 Å². The van der Waals surface area contributed by atoms with Gasteiger partial charge in [-0.05, 0) is 28.3 Å². The normalized spacial score (nSPS) is 11.3. The van der Waals surface area contributed by atoms with Crippen LogP contribution < -0.4 is 5.56 Å². The Labute approximate surface area is 183 Å². The lowest BCUT2D eigenvalue weighted by atomic mass is 9.98. The number of hydrogen-bond acceptors (Lipinski definition) is 6. The Kier molecular flexibility index (Phi) is 5.06. The van der Waals surface area contributed by atoms with Crippen molar-refractivity contribution < 1.29 is 0 Å². The predicted molar refractivity (Wildman–Crippen MR) is 121 cm³/mol. The standard InChI is InChI=1S/C23H22N8O/c1-3-6-19-25-22-20(24-14-30(22)2)23(32)31(19)13-15-9-11-16(12-10-15)17-7-4-5-8-18(17)21-26-28-29-27-21/h4-5,7-12,14H,3,6,13H2,1-2H3,(H,26,27,28,29). The molecular weight excluding hydrogens is 404 g/mol. The minimum absolute atomic E-state index is 0.106. The first-order valence-corrected chi connectivity index (χ1v) is 10.5. The van der Waals surface area contributed by atoms with Crippen molar-refractivity contribution in [1.29, 1.82) is 0 Å². The van der Waals surface area contributed by atoms with Crippen LogP contribution in [0.15, 0.2) is 59.7 Å². The summed E-state index contributed by atoms with van der Waals surface area (Å²) in [6, 6.07) is 16.1. The van der Waals surface area contributed by atoms with Gasteiger partial charge in [0, 0.05) is 19.0 Å². The Hall–Kier alpha value is -4.14. The molecule has 0 atom stereocenters. The fourth-order valence-corrected chi connectivity index (χ4v) is 3.89. The lowest BCUT2D eigenvalue weighted by molar-refractivity contribution is 0.661. The Morgan fingerprint density at radius 3 is 2.53 bits per heavy atom. The number of imidazole rings is 1. The molecule has 0 saturated heterocycles. The molecule has 0 aliphatic heterocycles. The van der Waals surface area contributed by atoms with Crippen LogP contribution >= 0.6 is 0 Å². The number of rotatable bonds is 6. The van der Waals surface area contributed by atoms with Crippen LogP contribution in [0.4, 0.5) is 0 Å². The number of benzene rings is 2. The summed E-state index contributed by atoms with van der Waals surface area (Å²) in [5, 5.41) is 14.4. The summed E-state index contributed by atoms with van der Waals surface area (Å²) in [6.07, 6.45) is 3.27. The van der Waals surface area contributed by atoms with Crippen molar-refractivity contribution in [3.8, 4) is 22.5 Å². The van der Waals surface area contributed by atoms with Gasteiger partial charge in [0.1, 0.15) is 5.82 Å². The Morgan fingerprint density at radius 2 is 1.81 bits per heavy atom. The van der Waals surface area contributed by atoms with Crippen molar-refractivity contribution in [2.24, 2.45) is 7.05 Å². The van der Waals surface area contributed by atoms with Gasteiger partial charge in [0.05, 0.1) is 12.9 Å². The van der Waals surface area contributed by atoms with E-state index in [1.807, 2.05) is 55.6 Å². The second-order valence-corrected chi connectivity index (χ2v) is 7.67. The molecule has 0 radical (unpaired) electrons. The van der Waals surface area contributed by atoms with Crippen molar-refractivity contribution in [2.75, 3.05) is 0 Å². The van der Waals surface area contributed by atoms with E-state index >= 15 is 0 Å². The van der Waals surface area contributed by atoms with Crippen molar-refractivity contribution in [1.82, 2.24) is 39.7 Å². The van der Waals surface area contributed by atoms with E-state index in [2.05, 4.69) is 32.5 Å². The molecule has 1 N–H and O–H groups in total. The van der Waals surface area contributed by atoms with Gasteiger partial charge in [0.25, 0.3) is 5.56 Å². The third kappa shape index (κ3) is 3.47. The number of tetrazole rings is 1. The number of nitrogens with zero attached hydrogens (tertiary/aromatic N) is 7. The molecule has 3 heterocycles. The first-order valence-electron chi connectivity index (χ1n) is 10.5. The molecule has 0 bridgehead atoms. The van der Waals surface area contributed by atoms with E-state index < -0.39 is 0 Å². The highest BCUT2D eigenvalue weighted by Gasteiger charge is 2.15. The summed E-state index contributed by atoms with van der Waals surface area (Å²) in [7, 11) is 1.85. The second kappa shape index (κ2) is 8.18. The molecule has 5 aromatic rings. The summed E-state index contributed by atoms with van der Waals surface area (Å²) in [4.78, 5) is 22.1. The van der Waals surface area contributed by atoms with E-state index in [0.717, 1.165) is 40.9 Å². The van der Waals surface area contributed by atoms with Gasteiger partial charge < -0.3 is 4.57 Å². The van der Waals surface area contributed by atoms with Crippen molar-refractivity contribution in [2.45, 2.75) is 26.3 Å². The Balaban J connectivity index is 1.50. The molecule has 0 aliphatic rings. The zero-order valence-corrected chi connectivity index (χ0v) is 17.9. The molecule has 0 amide bonds. The highest BCUT2D eigenvalue weighted by atomic mass is 16.1. The van der Waals surface area contributed by atoms with Crippen LogP contribution in [0.25, 0.3) is 33.7 Å². The smallest absolute Gasteiger partial charge is 0.282 e. The van der Waals surface area contributed by atoms with Crippen LogP contribution in [-0.2, 0) is 20.0 Å². The summed E-state index contributed by atoms with van der Waals surface area (Å²) < 4.78 is 3.53. The molecule has 5 rings (SSSR count). The monoisotopic (exact) mass is 426 g/mol. The summed E-state index contributed by atoms with van der Waals surface area (Å²) in [5.74, 6) is 1.33. The summed E-state index contributed by atoms with van der Waals surface area (Å²) in [6.45, 7) is 2.53. The van der Waals surface area contributed by atoms with Gasteiger partial charge >= 0.3 is 0 Å². The molecule has 32 heavy (non-hydrogen) atoms. The quantitative estimate of drug-likeness (QED) is 0.447. The summed E-state index contributed by atoms with van der Waals surface area (Å²) in [5.41, 5.74) is 4.89. The number of fused-ring (bicyclic) bond motifs is 1. The van der Waals surface area contributed by atoms with Crippen LogP contribution in [0.1, 0.15) is 24.7 Å². The third-order valence-electron chi connectivity index (χ3n) is 5.49. The van der Waals surface area contributed by atoms with E-state index in [0.29, 0.717) is 23.5 Å². The van der Waals surface area contributed by atoms with Gasteiger partial charge in [-0.1, -0.05) is 55.5 Å². The van der Waals surface area contributed by atoms with Crippen LogP contribution in [0.2, 0.25) is 0 Å². The average molecular weight is 426 g/mol. The second-order valence-electron chi connectivity index (χ2n) is 7.67. The molecule has 0 fully saturated rings. The largest absolute Gasteiger partial charge is 0.318 e. The number of hydrogen-bond donors (Lipinski definition) is 1. The molecular formula is C23H22N8O. The van der Waals surface area contributed by atoms with E-state index in [1.165, 1.54) is 0 Å². The molecule has 0 unspecified atom stereocenters. The molecule has 160 valence electrons. The Morgan fingerprint density at radius 1 is 1.03 bits per heavy atom. The SMILES string of the molecule is CCCc1nc2c(ncn2C)c(=O)n1Cc1ccc(-c2ccccc2-c2nn[nH]n2)cc1. The molecule has 2 aromatic carbocycles. The van der Waals surface area contributed by atoms with Gasteiger partial charge in [0.2, 0.25) is 5.82 Å². The van der Waals surface area contributed by atoms with Gasteiger partial charge in [-0.25, -0.2) is 9.97 Å². The first-order chi connectivity index (χ1) is 15.7. The molecule has 0 spiro atoms. The van der Waals surface area contributed by atoms with Crippen molar-refractivity contribution in [3.05, 3.63) is 76.6 Å². The van der Waals surface area contributed by atoms with Crippen LogP contribution in [0, 0.1) is 0 Å². The molecule has 0 saturated carbocycles. The fourth-order valence-electron chi connectivity index (χ4n) is 3.89. The summed E-state index contributed by atoms with van der Waals surface area (Å²) >= 11 is 0. The van der Waals surface area contributed by atoms with Gasteiger partial charge in [-0.15, -0.1) is 10.2 Å². The lowest BCUT2D eigenvalue weighted by Crippen LogP contribution is -2.26. The molecule has 3 aromatic heterocycles. The zero-order chi connectivity index (χ0) is 22.1. The van der Waals surface area contributed by atoms with Crippen molar-refractivity contribution >= 4 is 11.2 Å². The minimum atomic E-state index is -0.106. The van der Waals surface area contributed by atoms with E-state index in [1.54, 1.807) is 15.5 Å². The molecule has 9 nitrogen and oxygen atoms in total. The molecule has 9 heteroatoms.